The third-order valence-corrected chi connectivity index (χ3v) is 2.04. The summed E-state index contributed by atoms with van der Waals surface area (Å²) in [4.78, 5) is 10.7. The van der Waals surface area contributed by atoms with Crippen molar-refractivity contribution < 1.29 is 9.53 Å². The fourth-order valence-corrected chi connectivity index (χ4v) is 1.15. The number of ether oxygens (including phenoxy) is 1. The molecule has 0 aliphatic carbocycles. The van der Waals surface area contributed by atoms with Crippen molar-refractivity contribution in [1.82, 2.24) is 5.32 Å². The van der Waals surface area contributed by atoms with Gasteiger partial charge >= 0.3 is 0 Å². The van der Waals surface area contributed by atoms with Crippen LogP contribution in [0.3, 0.4) is 0 Å². The predicted molar refractivity (Wildman–Crippen MR) is 37.6 cm³/mol. The third kappa shape index (κ3) is 1.48. The van der Waals surface area contributed by atoms with E-state index in [0.717, 1.165) is 6.54 Å². The van der Waals surface area contributed by atoms with E-state index in [-0.39, 0.29) is 12.0 Å². The molecule has 58 valence electrons. The summed E-state index contributed by atoms with van der Waals surface area (Å²) < 4.78 is 5.09. The molecule has 3 nitrogen and oxygen atoms in total. The van der Waals surface area contributed by atoms with Crippen LogP contribution in [0.5, 0.6) is 0 Å². The highest BCUT2D eigenvalue weighted by Crippen LogP contribution is 2.14. The molecule has 1 saturated heterocycles. The molecule has 2 atom stereocenters. The molecule has 1 heterocycles. The van der Waals surface area contributed by atoms with Gasteiger partial charge in [0, 0.05) is 26.0 Å². The summed E-state index contributed by atoms with van der Waals surface area (Å²) in [5.41, 5.74) is 0. The lowest BCUT2D eigenvalue weighted by molar-refractivity contribution is -0.119. The molecule has 0 aromatic carbocycles. The van der Waals surface area contributed by atoms with Crippen LogP contribution in [0.4, 0.5) is 0 Å². The predicted octanol–water partition coefficient (Wildman–Crippen LogP) is 0.157. The van der Waals surface area contributed by atoms with E-state index in [1.165, 1.54) is 0 Å². The van der Waals surface area contributed by atoms with Crippen LogP contribution < -0.4 is 5.32 Å². The lowest BCUT2D eigenvalue weighted by Gasteiger charge is -2.14. The minimum absolute atomic E-state index is 0.147. The fraction of sp³-hybridized carbons (Fsp3) is 0.857. The molecular formula is C7H13NO2. The topological polar surface area (TPSA) is 38.3 Å². The van der Waals surface area contributed by atoms with E-state index in [0.29, 0.717) is 12.3 Å². The minimum atomic E-state index is 0.147. The highest BCUT2D eigenvalue weighted by Gasteiger charge is 2.26. The molecule has 1 rings (SSSR count). The monoisotopic (exact) mass is 143 g/mol. The Morgan fingerprint density at radius 3 is 2.90 bits per heavy atom. The van der Waals surface area contributed by atoms with Crippen molar-refractivity contribution in [3.63, 3.8) is 0 Å². The van der Waals surface area contributed by atoms with Crippen LogP contribution in [0.2, 0.25) is 0 Å². The van der Waals surface area contributed by atoms with Crippen molar-refractivity contribution in [2.45, 2.75) is 19.4 Å². The second kappa shape index (κ2) is 3.01. The Hall–Kier alpha value is -0.570. The van der Waals surface area contributed by atoms with Gasteiger partial charge in [0.15, 0.2) is 0 Å². The maximum Gasteiger partial charge on any atom is 0.220 e. The van der Waals surface area contributed by atoms with E-state index in [1.807, 2.05) is 6.92 Å². The number of hydrogen-bond acceptors (Lipinski definition) is 2. The quantitative estimate of drug-likeness (QED) is 0.598. The zero-order valence-corrected chi connectivity index (χ0v) is 6.39. The smallest absolute Gasteiger partial charge is 0.220 e. The van der Waals surface area contributed by atoms with E-state index < -0.39 is 0 Å². The summed E-state index contributed by atoms with van der Waals surface area (Å²) in [6.07, 6.45) is 0.814. The number of nitrogens with one attached hydrogen (secondary N) is 1. The number of carbonyl (C=O) groups is 1. The van der Waals surface area contributed by atoms with Crippen LogP contribution in [0.15, 0.2) is 0 Å². The molecule has 10 heavy (non-hydrogen) atoms. The van der Waals surface area contributed by atoms with Gasteiger partial charge in [-0.3, -0.25) is 4.79 Å². The Labute approximate surface area is 60.7 Å². The first-order chi connectivity index (χ1) is 4.74. The first-order valence-corrected chi connectivity index (χ1v) is 3.53. The van der Waals surface area contributed by atoms with Gasteiger partial charge in [-0.1, -0.05) is 0 Å². The number of amides is 1. The normalized spacial score (nSPS) is 28.2. The van der Waals surface area contributed by atoms with Crippen molar-refractivity contribution in [3.8, 4) is 0 Å². The molecule has 0 aromatic rings. The molecule has 0 bridgehead atoms. The second-order valence-electron chi connectivity index (χ2n) is 2.71. The van der Waals surface area contributed by atoms with Crippen LogP contribution >= 0.6 is 0 Å². The van der Waals surface area contributed by atoms with E-state index >= 15 is 0 Å². The molecule has 1 amide bonds. The van der Waals surface area contributed by atoms with Gasteiger partial charge in [0.2, 0.25) is 5.91 Å². The second-order valence-corrected chi connectivity index (χ2v) is 2.71. The number of methoxy groups -OCH3 is 1. The van der Waals surface area contributed by atoms with E-state index in [2.05, 4.69) is 5.32 Å². The molecule has 1 aliphatic rings. The maximum absolute atomic E-state index is 10.7. The summed E-state index contributed by atoms with van der Waals surface area (Å²) in [7, 11) is 1.67. The zero-order chi connectivity index (χ0) is 7.56. The van der Waals surface area contributed by atoms with Gasteiger partial charge in [-0.15, -0.1) is 0 Å². The Morgan fingerprint density at radius 2 is 2.50 bits per heavy atom. The molecule has 3 heteroatoms. The largest absolute Gasteiger partial charge is 0.381 e. The maximum atomic E-state index is 10.7. The van der Waals surface area contributed by atoms with Gasteiger partial charge in [-0.25, -0.2) is 0 Å². The van der Waals surface area contributed by atoms with E-state index in [4.69, 9.17) is 4.74 Å². The van der Waals surface area contributed by atoms with Crippen LogP contribution in [-0.4, -0.2) is 25.7 Å². The molecule has 1 fully saturated rings. The van der Waals surface area contributed by atoms with Gasteiger partial charge in [0.05, 0.1) is 6.10 Å². The Kier molecular flexibility index (Phi) is 2.27. The standard InChI is InChI=1S/C7H13NO2/c1-5(10-2)6-3-7(9)8-4-6/h5-6H,3-4H2,1-2H3,(H,8,9)/t5-,6+/m0/s1. The lowest BCUT2D eigenvalue weighted by Crippen LogP contribution is -2.21. The SMILES string of the molecule is CO[C@@H](C)[C@H]1CNC(=O)C1. The molecule has 0 radical (unpaired) electrons. The minimum Gasteiger partial charge on any atom is -0.381 e. The molecule has 1 aliphatic heterocycles. The van der Waals surface area contributed by atoms with Crippen molar-refractivity contribution in [1.29, 1.82) is 0 Å². The van der Waals surface area contributed by atoms with Crippen molar-refractivity contribution in [3.05, 3.63) is 0 Å². The van der Waals surface area contributed by atoms with Crippen molar-refractivity contribution >= 4 is 5.91 Å². The van der Waals surface area contributed by atoms with Crippen molar-refractivity contribution in [2.75, 3.05) is 13.7 Å². The summed E-state index contributed by atoms with van der Waals surface area (Å²) in [5.74, 6) is 0.520. The highest BCUT2D eigenvalue weighted by atomic mass is 16.5. The molecular weight excluding hydrogens is 130 g/mol. The van der Waals surface area contributed by atoms with Crippen LogP contribution in [0.1, 0.15) is 13.3 Å². The summed E-state index contributed by atoms with van der Waals surface area (Å²) in [6, 6.07) is 0. The van der Waals surface area contributed by atoms with Gasteiger partial charge in [0.1, 0.15) is 0 Å². The van der Waals surface area contributed by atoms with Gasteiger partial charge in [0.25, 0.3) is 0 Å². The van der Waals surface area contributed by atoms with Crippen LogP contribution in [0, 0.1) is 5.92 Å². The highest BCUT2D eigenvalue weighted by molar-refractivity contribution is 5.78. The van der Waals surface area contributed by atoms with Crippen molar-refractivity contribution in [2.24, 2.45) is 5.92 Å². The first-order valence-electron chi connectivity index (χ1n) is 3.53. The third-order valence-electron chi connectivity index (χ3n) is 2.04. The molecule has 0 saturated carbocycles. The Bertz CT molecular complexity index is 136. The molecule has 0 aromatic heterocycles. The fourth-order valence-electron chi connectivity index (χ4n) is 1.15. The molecule has 0 unspecified atom stereocenters. The summed E-state index contributed by atoms with van der Waals surface area (Å²) in [6.45, 7) is 2.76. The van der Waals surface area contributed by atoms with Crippen LogP contribution in [-0.2, 0) is 9.53 Å². The van der Waals surface area contributed by atoms with Crippen LogP contribution in [0.25, 0.3) is 0 Å². The van der Waals surface area contributed by atoms with Gasteiger partial charge in [-0.2, -0.15) is 0 Å². The molecule has 0 spiro atoms. The van der Waals surface area contributed by atoms with E-state index in [9.17, 15) is 4.79 Å². The number of carbonyl (C=O) groups excluding carboxylic acids is 1. The molecule has 1 N–H and O–H groups in total. The number of rotatable bonds is 2. The summed E-state index contributed by atoms with van der Waals surface area (Å²) >= 11 is 0. The summed E-state index contributed by atoms with van der Waals surface area (Å²) in [5, 5.41) is 2.77. The van der Waals surface area contributed by atoms with E-state index in [1.54, 1.807) is 7.11 Å². The lowest BCUT2D eigenvalue weighted by atomic mass is 10.0. The Morgan fingerprint density at radius 1 is 1.80 bits per heavy atom. The van der Waals surface area contributed by atoms with Gasteiger partial charge < -0.3 is 10.1 Å². The average molecular weight is 143 g/mol. The zero-order valence-electron chi connectivity index (χ0n) is 6.39. The Balaban J connectivity index is 2.36. The number of hydrogen-bond donors (Lipinski definition) is 1. The average Bonchev–Trinajstić information content (AvgIpc) is 2.34. The first kappa shape index (κ1) is 7.54. The van der Waals surface area contributed by atoms with Gasteiger partial charge in [-0.05, 0) is 6.92 Å².